The summed E-state index contributed by atoms with van der Waals surface area (Å²) in [4.78, 5) is 22.5. The molecule has 0 aliphatic rings. The third-order valence-corrected chi connectivity index (χ3v) is 11.8. The number of ether oxygens (including phenoxy) is 4. The van der Waals surface area contributed by atoms with E-state index in [1.807, 2.05) is 0 Å². The molecular weight excluding hydrogens is 432 g/mol. The van der Waals surface area contributed by atoms with Gasteiger partial charge in [0.05, 0.1) is 13.2 Å². The van der Waals surface area contributed by atoms with E-state index >= 15 is 0 Å². The van der Waals surface area contributed by atoms with Crippen LogP contribution in [0.25, 0.3) is 0 Å². The van der Waals surface area contributed by atoms with Crippen LogP contribution >= 0.6 is 0 Å². The van der Waals surface area contributed by atoms with Gasteiger partial charge < -0.3 is 23.1 Å². The smallest absolute Gasteiger partial charge is 0.333 e. The zero-order chi connectivity index (χ0) is 23.9. The maximum atomic E-state index is 11.3. The molecule has 0 radical (unpaired) electrons. The predicted octanol–water partition coefficient (Wildman–Crippen LogP) is 4.47. The third-order valence-electron chi connectivity index (χ3n) is 4.31. The Hall–Kier alpha value is -1.27. The monoisotopic (exact) mass is 474 g/mol. The van der Waals surface area contributed by atoms with Crippen molar-refractivity contribution >= 4 is 28.6 Å². The molecule has 0 saturated heterocycles. The molecule has 0 heterocycles. The molecule has 0 aromatic rings. The molecule has 0 aromatic heterocycles. The molecule has 0 atom stereocenters. The zero-order valence-corrected chi connectivity index (χ0v) is 22.3. The molecule has 31 heavy (non-hydrogen) atoms. The van der Waals surface area contributed by atoms with Crippen molar-refractivity contribution in [2.24, 2.45) is 0 Å². The van der Waals surface area contributed by atoms with Gasteiger partial charge in [-0.3, -0.25) is 0 Å². The van der Waals surface area contributed by atoms with Crippen LogP contribution in [0.15, 0.2) is 24.3 Å². The Labute approximate surface area is 190 Å². The fourth-order valence-corrected chi connectivity index (χ4v) is 11.7. The molecule has 0 saturated carbocycles. The van der Waals surface area contributed by atoms with Gasteiger partial charge in [-0.15, -0.1) is 0 Å². The molecule has 0 aliphatic carbocycles. The molecule has 9 heteroatoms. The van der Waals surface area contributed by atoms with Crippen molar-refractivity contribution < 1.29 is 32.7 Å². The van der Waals surface area contributed by atoms with E-state index in [1.165, 1.54) is 0 Å². The van der Waals surface area contributed by atoms with E-state index in [2.05, 4.69) is 39.3 Å². The molecule has 180 valence electrons. The predicted molar refractivity (Wildman–Crippen MR) is 128 cm³/mol. The number of carbonyl (C=O) groups excluding carboxylic acids is 2. The fraction of sp³-hybridized carbons (Fsp3) is 0.727. The maximum Gasteiger partial charge on any atom is 0.333 e. The Balaban J connectivity index is 3.87. The van der Waals surface area contributed by atoms with Gasteiger partial charge in [-0.1, -0.05) is 13.2 Å². The van der Waals surface area contributed by atoms with Crippen LogP contribution in [0.4, 0.5) is 0 Å². The third kappa shape index (κ3) is 17.0. The molecule has 7 nitrogen and oxygen atoms in total. The van der Waals surface area contributed by atoms with Gasteiger partial charge in [-0.2, -0.15) is 0 Å². The minimum Gasteiger partial charge on any atom is -0.460 e. The molecule has 0 aliphatic heterocycles. The summed E-state index contributed by atoms with van der Waals surface area (Å²) in [7, 11) is -3.53. The van der Waals surface area contributed by atoms with Crippen LogP contribution in [-0.4, -0.2) is 68.2 Å². The minimum absolute atomic E-state index is 0.251. The highest BCUT2D eigenvalue weighted by Crippen LogP contribution is 2.23. The molecule has 0 spiro atoms. The van der Waals surface area contributed by atoms with Crippen molar-refractivity contribution in [3.8, 4) is 0 Å². The van der Waals surface area contributed by atoms with Gasteiger partial charge >= 0.3 is 11.9 Å². The first-order valence-electron chi connectivity index (χ1n) is 10.9. The van der Waals surface area contributed by atoms with Crippen LogP contribution in [0.2, 0.25) is 38.3 Å². The van der Waals surface area contributed by atoms with Gasteiger partial charge in [-0.05, 0) is 65.0 Å². The number of hydrogen-bond donors (Lipinski definition) is 0. The van der Waals surface area contributed by atoms with Gasteiger partial charge in [0.25, 0.3) is 0 Å². The maximum absolute atomic E-state index is 11.3. The van der Waals surface area contributed by atoms with Crippen LogP contribution in [0.3, 0.4) is 0 Å². The second-order valence-electron chi connectivity index (χ2n) is 8.89. The number of esters is 2. The second-order valence-corrected chi connectivity index (χ2v) is 17.7. The van der Waals surface area contributed by atoms with E-state index < -0.39 is 16.6 Å². The van der Waals surface area contributed by atoms with Crippen LogP contribution in [0.5, 0.6) is 0 Å². The first-order valence-corrected chi connectivity index (χ1v) is 17.1. The Morgan fingerprint density at radius 3 is 1.32 bits per heavy atom. The van der Waals surface area contributed by atoms with E-state index in [0.717, 1.165) is 24.9 Å². The molecule has 0 unspecified atom stereocenters. The summed E-state index contributed by atoms with van der Waals surface area (Å²) in [5.74, 6) is -0.760. The van der Waals surface area contributed by atoms with Gasteiger partial charge in [0.2, 0.25) is 0 Å². The van der Waals surface area contributed by atoms with Gasteiger partial charge in [-0.25, -0.2) is 9.59 Å². The van der Waals surface area contributed by atoms with E-state index in [1.54, 1.807) is 13.8 Å². The Bertz CT molecular complexity index is 538. The highest BCUT2D eigenvalue weighted by Gasteiger charge is 2.32. The van der Waals surface area contributed by atoms with E-state index in [-0.39, 0.29) is 25.2 Å². The second kappa shape index (κ2) is 15.5. The standard InChI is InChI=1S/C22H42O7Si2/c1-19(2)21(23)27-15-13-25-11-9-17-30(5,6)29-31(7,8)18-10-12-26-14-16-28-22(24)20(3)4/h1,3,9-18H2,2,4-8H3. The summed E-state index contributed by atoms with van der Waals surface area (Å²) < 4.78 is 27.7. The first-order chi connectivity index (χ1) is 14.4. The highest BCUT2D eigenvalue weighted by molar-refractivity contribution is 6.84. The molecule has 0 rings (SSSR count). The van der Waals surface area contributed by atoms with E-state index in [9.17, 15) is 9.59 Å². The van der Waals surface area contributed by atoms with Crippen LogP contribution in [0, 0.1) is 0 Å². The first kappa shape index (κ1) is 29.7. The lowest BCUT2D eigenvalue weighted by atomic mass is 10.4. The average molecular weight is 475 g/mol. The lowest BCUT2D eigenvalue weighted by molar-refractivity contribution is -0.141. The molecule has 0 bridgehead atoms. The van der Waals surface area contributed by atoms with Gasteiger partial charge in [0.1, 0.15) is 13.2 Å². The molecule has 0 N–H and O–H groups in total. The lowest BCUT2D eigenvalue weighted by Gasteiger charge is -2.34. The van der Waals surface area contributed by atoms with Crippen molar-refractivity contribution in [2.45, 2.75) is 65.0 Å². The topological polar surface area (TPSA) is 80.3 Å². The number of rotatable bonds is 18. The van der Waals surface area contributed by atoms with Crippen LogP contribution < -0.4 is 0 Å². The fourth-order valence-electron chi connectivity index (χ4n) is 2.89. The average Bonchev–Trinajstić information content (AvgIpc) is 2.64. The minimum atomic E-state index is -1.77. The molecule has 0 fully saturated rings. The normalized spacial score (nSPS) is 11.8. The molecular formula is C22H42O7Si2. The van der Waals surface area contributed by atoms with Crippen LogP contribution in [-0.2, 0) is 32.7 Å². The zero-order valence-electron chi connectivity index (χ0n) is 20.3. The summed E-state index contributed by atoms with van der Waals surface area (Å²) in [6.07, 6.45) is 1.87. The van der Waals surface area contributed by atoms with Crippen molar-refractivity contribution in [2.75, 3.05) is 39.6 Å². The highest BCUT2D eigenvalue weighted by atomic mass is 28.4. The Morgan fingerprint density at radius 1 is 0.645 bits per heavy atom. The van der Waals surface area contributed by atoms with E-state index in [0.29, 0.717) is 37.6 Å². The molecule has 0 aromatic carbocycles. The van der Waals surface area contributed by atoms with Crippen molar-refractivity contribution in [1.82, 2.24) is 0 Å². The largest absolute Gasteiger partial charge is 0.460 e. The van der Waals surface area contributed by atoms with Crippen molar-refractivity contribution in [1.29, 1.82) is 0 Å². The van der Waals surface area contributed by atoms with Gasteiger partial charge in [0.15, 0.2) is 16.6 Å². The summed E-state index contributed by atoms with van der Waals surface area (Å²) >= 11 is 0. The quantitative estimate of drug-likeness (QED) is 0.125. The van der Waals surface area contributed by atoms with E-state index in [4.69, 9.17) is 23.1 Å². The van der Waals surface area contributed by atoms with Crippen LogP contribution in [0.1, 0.15) is 26.7 Å². The summed E-state index contributed by atoms with van der Waals surface area (Å²) in [5, 5.41) is 0. The summed E-state index contributed by atoms with van der Waals surface area (Å²) in [6.45, 7) is 21.9. The molecule has 0 amide bonds. The SMILES string of the molecule is C=C(C)C(=O)OCCOCCC[Si](C)(C)O[Si](C)(C)CCCOCCOC(=O)C(=C)C. The summed E-state index contributed by atoms with van der Waals surface area (Å²) in [5.41, 5.74) is 0.791. The van der Waals surface area contributed by atoms with Gasteiger partial charge in [0, 0.05) is 24.4 Å². The lowest BCUT2D eigenvalue weighted by Crippen LogP contribution is -2.44. The Kier molecular flexibility index (Phi) is 14.9. The number of hydrogen-bond acceptors (Lipinski definition) is 7. The number of carbonyl (C=O) groups is 2. The Morgan fingerprint density at radius 2 is 1.00 bits per heavy atom. The summed E-state index contributed by atoms with van der Waals surface area (Å²) in [6, 6.07) is 2.05. The van der Waals surface area contributed by atoms with Crippen molar-refractivity contribution in [3.63, 3.8) is 0 Å². The van der Waals surface area contributed by atoms with Crippen molar-refractivity contribution in [3.05, 3.63) is 24.3 Å².